The number of esters is 1. The third-order valence-electron chi connectivity index (χ3n) is 3.59. The van der Waals surface area contributed by atoms with E-state index in [9.17, 15) is 19.6 Å². The molecule has 4 atom stereocenters. The van der Waals surface area contributed by atoms with Crippen molar-refractivity contribution in [3.05, 3.63) is 11.5 Å². The summed E-state index contributed by atoms with van der Waals surface area (Å²) in [6.45, 7) is 2.58. The van der Waals surface area contributed by atoms with Crippen molar-refractivity contribution < 1.29 is 43.4 Å². The van der Waals surface area contributed by atoms with Gasteiger partial charge in [-0.05, 0) is 13.8 Å². The minimum absolute atomic E-state index is 0.118. The van der Waals surface area contributed by atoms with Crippen LogP contribution in [0.5, 0.6) is 0 Å². The van der Waals surface area contributed by atoms with E-state index in [2.05, 4.69) is 9.51 Å². The van der Waals surface area contributed by atoms with Gasteiger partial charge in [0.1, 0.15) is 30.0 Å². The molecule has 1 aliphatic heterocycles. The van der Waals surface area contributed by atoms with Gasteiger partial charge in [0.05, 0.1) is 13.2 Å². The molecule has 1 aliphatic rings. The molecule has 0 aromatic carbocycles. The number of hydrogen-bond acceptors (Lipinski definition) is 9. The SMILES string of the molecule is CCOC(=O)c1nc(C)n([C@@H]2O[C@H](COP(=O)(O)O)[C@@H](O)[C@H]2O)c1N. The Morgan fingerprint density at radius 2 is 2.04 bits per heavy atom. The average molecular weight is 381 g/mol. The Morgan fingerprint density at radius 3 is 2.60 bits per heavy atom. The maximum atomic E-state index is 11.8. The van der Waals surface area contributed by atoms with Gasteiger partial charge in [-0.15, -0.1) is 0 Å². The fourth-order valence-corrected chi connectivity index (χ4v) is 2.82. The van der Waals surface area contributed by atoms with Crippen LogP contribution in [-0.4, -0.2) is 67.0 Å². The van der Waals surface area contributed by atoms with Crippen LogP contribution in [0.3, 0.4) is 0 Å². The monoisotopic (exact) mass is 381 g/mol. The number of imidazole rings is 1. The van der Waals surface area contributed by atoms with Crippen molar-refractivity contribution in [1.82, 2.24) is 9.55 Å². The van der Waals surface area contributed by atoms with Crippen molar-refractivity contribution in [3.63, 3.8) is 0 Å². The molecule has 0 spiro atoms. The number of aliphatic hydroxyl groups excluding tert-OH is 2. The second-order valence-corrected chi connectivity index (χ2v) is 6.56. The number of nitrogens with zero attached hydrogens (tertiary/aromatic N) is 2. The van der Waals surface area contributed by atoms with Crippen LogP contribution in [-0.2, 0) is 18.6 Å². The summed E-state index contributed by atoms with van der Waals surface area (Å²) in [6, 6.07) is 0. The molecule has 12 nitrogen and oxygen atoms in total. The number of anilines is 1. The Balaban J connectivity index is 2.24. The molecule has 1 fully saturated rings. The summed E-state index contributed by atoms with van der Waals surface area (Å²) >= 11 is 0. The summed E-state index contributed by atoms with van der Waals surface area (Å²) in [6.07, 6.45) is -5.43. The second-order valence-electron chi connectivity index (χ2n) is 5.32. The largest absolute Gasteiger partial charge is 0.469 e. The van der Waals surface area contributed by atoms with E-state index in [1.54, 1.807) is 6.92 Å². The van der Waals surface area contributed by atoms with E-state index in [1.807, 2.05) is 0 Å². The maximum absolute atomic E-state index is 11.8. The number of aromatic nitrogens is 2. The molecule has 1 aromatic rings. The van der Waals surface area contributed by atoms with Gasteiger partial charge in [-0.1, -0.05) is 0 Å². The first kappa shape index (κ1) is 19.8. The summed E-state index contributed by atoms with van der Waals surface area (Å²) in [5.74, 6) is -0.673. The first-order valence-corrected chi connectivity index (χ1v) is 8.83. The van der Waals surface area contributed by atoms with E-state index in [4.69, 9.17) is 25.0 Å². The van der Waals surface area contributed by atoms with Crippen LogP contribution < -0.4 is 5.73 Å². The van der Waals surface area contributed by atoms with E-state index in [-0.39, 0.29) is 23.9 Å². The van der Waals surface area contributed by atoms with Gasteiger partial charge in [-0.25, -0.2) is 14.3 Å². The molecule has 0 bridgehead atoms. The predicted molar refractivity (Wildman–Crippen MR) is 81.3 cm³/mol. The molecule has 0 radical (unpaired) electrons. The molecular formula is C12H20N3O9P. The number of ether oxygens (including phenoxy) is 2. The molecule has 142 valence electrons. The number of aliphatic hydroxyl groups is 2. The molecule has 0 amide bonds. The van der Waals surface area contributed by atoms with Crippen LogP contribution in [0.4, 0.5) is 5.82 Å². The van der Waals surface area contributed by atoms with Crippen LogP contribution in [0.25, 0.3) is 0 Å². The number of nitrogens with two attached hydrogens (primary N) is 1. The van der Waals surface area contributed by atoms with E-state index in [0.717, 1.165) is 0 Å². The van der Waals surface area contributed by atoms with E-state index >= 15 is 0 Å². The zero-order chi connectivity index (χ0) is 18.9. The fourth-order valence-electron chi connectivity index (χ4n) is 2.48. The highest BCUT2D eigenvalue weighted by Gasteiger charge is 2.46. The third-order valence-corrected chi connectivity index (χ3v) is 4.08. The van der Waals surface area contributed by atoms with Gasteiger partial charge in [-0.2, -0.15) is 0 Å². The quantitative estimate of drug-likeness (QED) is 0.290. The third kappa shape index (κ3) is 4.18. The predicted octanol–water partition coefficient (Wildman–Crippen LogP) is -1.32. The molecular weight excluding hydrogens is 361 g/mol. The summed E-state index contributed by atoms with van der Waals surface area (Å²) in [5.41, 5.74) is 5.72. The summed E-state index contributed by atoms with van der Waals surface area (Å²) < 4.78 is 26.5. The summed E-state index contributed by atoms with van der Waals surface area (Å²) in [5, 5.41) is 20.2. The van der Waals surface area contributed by atoms with Crippen molar-refractivity contribution in [2.24, 2.45) is 0 Å². The number of phosphoric ester groups is 1. The summed E-state index contributed by atoms with van der Waals surface area (Å²) in [4.78, 5) is 33.2. The number of rotatable bonds is 6. The van der Waals surface area contributed by atoms with Crippen molar-refractivity contribution in [1.29, 1.82) is 0 Å². The number of hydrogen-bond donors (Lipinski definition) is 5. The number of carbonyl (C=O) groups excluding carboxylic acids is 1. The molecule has 1 saturated heterocycles. The molecule has 25 heavy (non-hydrogen) atoms. The van der Waals surface area contributed by atoms with Gasteiger partial charge in [0.2, 0.25) is 0 Å². The highest BCUT2D eigenvalue weighted by molar-refractivity contribution is 7.46. The topological polar surface area (TPSA) is 187 Å². The van der Waals surface area contributed by atoms with Crippen LogP contribution in [0.2, 0.25) is 0 Å². The lowest BCUT2D eigenvalue weighted by Crippen LogP contribution is -2.34. The standard InChI is InChI=1S/C12H20N3O9P/c1-3-22-12(18)7-10(13)15(5(2)14-7)11-9(17)8(16)6(24-11)4-23-25(19,20)21/h6,8-9,11,16-17H,3-4,13H2,1-2H3,(H2,19,20,21)/t6-,8-,9-,11-/m1/s1. The van der Waals surface area contributed by atoms with E-state index < -0.39 is 44.9 Å². The first-order chi connectivity index (χ1) is 11.6. The zero-order valence-electron chi connectivity index (χ0n) is 13.5. The minimum atomic E-state index is -4.77. The normalized spacial score (nSPS) is 26.8. The van der Waals surface area contributed by atoms with Gasteiger partial charge < -0.3 is 35.2 Å². The van der Waals surface area contributed by atoms with Crippen LogP contribution in [0.15, 0.2) is 0 Å². The molecule has 0 unspecified atom stereocenters. The number of nitrogen functional groups attached to an aromatic ring is 1. The Morgan fingerprint density at radius 1 is 1.40 bits per heavy atom. The zero-order valence-corrected chi connectivity index (χ0v) is 14.4. The van der Waals surface area contributed by atoms with Crippen molar-refractivity contribution >= 4 is 19.6 Å². The van der Waals surface area contributed by atoms with Crippen molar-refractivity contribution in [2.75, 3.05) is 18.9 Å². The molecule has 0 aliphatic carbocycles. The molecule has 0 saturated carbocycles. The Kier molecular flexibility index (Phi) is 5.84. The molecule has 2 heterocycles. The fraction of sp³-hybridized carbons (Fsp3) is 0.667. The Labute approximate surface area is 142 Å². The van der Waals surface area contributed by atoms with Gasteiger partial charge in [0.25, 0.3) is 0 Å². The van der Waals surface area contributed by atoms with Gasteiger partial charge in [-0.3, -0.25) is 9.09 Å². The smallest absolute Gasteiger partial charge is 0.461 e. The molecule has 1 aromatic heterocycles. The van der Waals surface area contributed by atoms with Gasteiger partial charge in [0.15, 0.2) is 11.9 Å². The van der Waals surface area contributed by atoms with Crippen molar-refractivity contribution in [3.8, 4) is 0 Å². The van der Waals surface area contributed by atoms with Crippen LogP contribution >= 0.6 is 7.82 Å². The Bertz CT molecular complexity index is 688. The first-order valence-electron chi connectivity index (χ1n) is 7.30. The Hall–Kier alpha value is -1.53. The lowest BCUT2D eigenvalue weighted by atomic mass is 10.1. The van der Waals surface area contributed by atoms with Gasteiger partial charge >= 0.3 is 13.8 Å². The lowest BCUT2D eigenvalue weighted by Gasteiger charge is -2.19. The highest BCUT2D eigenvalue weighted by atomic mass is 31.2. The average Bonchev–Trinajstić information content (AvgIpc) is 2.95. The van der Waals surface area contributed by atoms with Crippen molar-refractivity contribution in [2.45, 2.75) is 38.4 Å². The van der Waals surface area contributed by atoms with Crippen LogP contribution in [0.1, 0.15) is 29.5 Å². The highest BCUT2D eigenvalue weighted by Crippen LogP contribution is 2.39. The van der Waals surface area contributed by atoms with Gasteiger partial charge in [0, 0.05) is 0 Å². The molecule has 6 N–H and O–H groups in total. The molecule has 13 heteroatoms. The number of carbonyl (C=O) groups is 1. The summed E-state index contributed by atoms with van der Waals surface area (Å²) in [7, 11) is -4.77. The number of phosphoric acid groups is 1. The maximum Gasteiger partial charge on any atom is 0.469 e. The second kappa shape index (κ2) is 7.38. The van der Waals surface area contributed by atoms with E-state index in [0.29, 0.717) is 0 Å². The number of aryl methyl sites for hydroxylation is 1. The molecule has 2 rings (SSSR count). The van der Waals surface area contributed by atoms with E-state index in [1.165, 1.54) is 11.5 Å². The lowest BCUT2D eigenvalue weighted by molar-refractivity contribution is -0.0519. The van der Waals surface area contributed by atoms with Crippen LogP contribution in [0, 0.1) is 6.92 Å². The minimum Gasteiger partial charge on any atom is -0.461 e.